The Labute approximate surface area is 184 Å². The standard InChI is InChI=1S/C23H25N3O6/c1-14(27)20(26-23(31)32-13-15-7-3-2-4-8-15)21(28)25-19(22(29)30)11-16-12-24-18-10-6-5-9-17(16)18/h2-10,12,14,19-20,24,27H,11,13H2,1H3,(H,25,28)(H,26,31)(H,29,30)/t14-,19+,20+/m1/s1. The van der Waals surface area contributed by atoms with Gasteiger partial charge in [-0.2, -0.15) is 0 Å². The van der Waals surface area contributed by atoms with Crippen molar-refractivity contribution in [3.8, 4) is 0 Å². The van der Waals surface area contributed by atoms with Gasteiger partial charge in [0.1, 0.15) is 18.7 Å². The SMILES string of the molecule is C[C@@H](O)[C@H](NC(=O)OCc1ccccc1)C(=O)N[C@@H](Cc1c[nH]c2ccccc12)C(=O)O. The van der Waals surface area contributed by atoms with Gasteiger partial charge in [-0.1, -0.05) is 48.5 Å². The van der Waals surface area contributed by atoms with E-state index in [0.29, 0.717) is 0 Å². The van der Waals surface area contributed by atoms with Gasteiger partial charge in [-0.3, -0.25) is 4.79 Å². The third-order valence-corrected chi connectivity index (χ3v) is 4.96. The monoisotopic (exact) mass is 439 g/mol. The fourth-order valence-corrected chi connectivity index (χ4v) is 3.28. The summed E-state index contributed by atoms with van der Waals surface area (Å²) < 4.78 is 5.08. The quantitative estimate of drug-likeness (QED) is 0.345. The van der Waals surface area contributed by atoms with Gasteiger partial charge in [-0.05, 0) is 24.1 Å². The van der Waals surface area contributed by atoms with Gasteiger partial charge >= 0.3 is 12.1 Å². The van der Waals surface area contributed by atoms with Crippen LogP contribution >= 0.6 is 0 Å². The summed E-state index contributed by atoms with van der Waals surface area (Å²) in [6.07, 6.45) is -0.464. The topological polar surface area (TPSA) is 141 Å². The predicted octanol–water partition coefficient (Wildman–Crippen LogP) is 1.96. The number of rotatable bonds is 9. The van der Waals surface area contributed by atoms with Crippen LogP contribution in [0.2, 0.25) is 0 Å². The number of aliphatic hydroxyl groups excluding tert-OH is 1. The second-order valence-electron chi connectivity index (χ2n) is 7.39. The zero-order valence-electron chi connectivity index (χ0n) is 17.4. The first-order valence-electron chi connectivity index (χ1n) is 10.1. The minimum atomic E-state index is -1.39. The molecule has 1 heterocycles. The van der Waals surface area contributed by atoms with Gasteiger partial charge in [-0.15, -0.1) is 0 Å². The number of nitrogens with one attached hydrogen (secondary N) is 3. The molecule has 0 aliphatic rings. The number of para-hydroxylation sites is 1. The van der Waals surface area contributed by atoms with E-state index in [-0.39, 0.29) is 13.0 Å². The number of aliphatic hydroxyl groups is 1. The second-order valence-corrected chi connectivity index (χ2v) is 7.39. The lowest BCUT2D eigenvalue weighted by atomic mass is 10.0. The highest BCUT2D eigenvalue weighted by atomic mass is 16.5. The molecule has 32 heavy (non-hydrogen) atoms. The Kier molecular flexibility index (Phi) is 7.45. The Morgan fingerprint density at radius 1 is 1.03 bits per heavy atom. The molecule has 3 aromatic rings. The van der Waals surface area contributed by atoms with E-state index < -0.39 is 36.2 Å². The first-order valence-corrected chi connectivity index (χ1v) is 10.1. The average molecular weight is 439 g/mol. The Morgan fingerprint density at radius 2 is 1.72 bits per heavy atom. The van der Waals surface area contributed by atoms with Gasteiger partial charge in [0.15, 0.2) is 0 Å². The molecule has 0 spiro atoms. The van der Waals surface area contributed by atoms with Gasteiger partial charge in [0.25, 0.3) is 0 Å². The maximum absolute atomic E-state index is 12.7. The number of aliphatic carboxylic acids is 1. The zero-order valence-corrected chi connectivity index (χ0v) is 17.4. The van der Waals surface area contributed by atoms with E-state index >= 15 is 0 Å². The molecule has 0 radical (unpaired) electrons. The van der Waals surface area contributed by atoms with Crippen molar-refractivity contribution in [3.05, 3.63) is 71.9 Å². The number of alkyl carbamates (subject to hydrolysis) is 1. The molecule has 9 nitrogen and oxygen atoms in total. The highest BCUT2D eigenvalue weighted by molar-refractivity contribution is 5.90. The molecule has 2 amide bonds. The molecule has 0 aliphatic carbocycles. The van der Waals surface area contributed by atoms with Crippen LogP contribution in [0.5, 0.6) is 0 Å². The minimum absolute atomic E-state index is 0.0147. The number of amides is 2. The molecule has 0 saturated heterocycles. The molecule has 168 valence electrons. The highest BCUT2D eigenvalue weighted by Crippen LogP contribution is 2.19. The van der Waals surface area contributed by atoms with Crippen molar-refractivity contribution in [1.29, 1.82) is 0 Å². The van der Waals surface area contributed by atoms with E-state index in [0.717, 1.165) is 22.0 Å². The second kappa shape index (κ2) is 10.5. The molecule has 0 unspecified atom stereocenters. The molecule has 0 fully saturated rings. The van der Waals surface area contributed by atoms with Crippen LogP contribution in [0.4, 0.5) is 4.79 Å². The van der Waals surface area contributed by atoms with E-state index in [9.17, 15) is 24.6 Å². The van der Waals surface area contributed by atoms with Crippen molar-refractivity contribution in [2.75, 3.05) is 0 Å². The number of aromatic amines is 1. The van der Waals surface area contributed by atoms with E-state index in [1.54, 1.807) is 30.5 Å². The van der Waals surface area contributed by atoms with Gasteiger partial charge < -0.3 is 30.6 Å². The number of aromatic nitrogens is 1. The van der Waals surface area contributed by atoms with Crippen LogP contribution in [-0.2, 0) is 27.4 Å². The zero-order chi connectivity index (χ0) is 23.1. The Balaban J connectivity index is 1.63. The molecule has 2 aromatic carbocycles. The molecular formula is C23H25N3O6. The van der Waals surface area contributed by atoms with Crippen LogP contribution in [0.3, 0.4) is 0 Å². The lowest BCUT2D eigenvalue weighted by Gasteiger charge is -2.23. The van der Waals surface area contributed by atoms with Gasteiger partial charge in [0.05, 0.1) is 6.10 Å². The van der Waals surface area contributed by atoms with Crippen LogP contribution in [0, 0.1) is 0 Å². The lowest BCUT2D eigenvalue weighted by Crippen LogP contribution is -2.56. The molecule has 0 aliphatic heterocycles. The molecular weight excluding hydrogens is 414 g/mol. The van der Waals surface area contributed by atoms with Gasteiger partial charge in [-0.25, -0.2) is 9.59 Å². The van der Waals surface area contributed by atoms with E-state index in [1.807, 2.05) is 30.3 Å². The highest BCUT2D eigenvalue weighted by Gasteiger charge is 2.30. The van der Waals surface area contributed by atoms with E-state index in [2.05, 4.69) is 15.6 Å². The number of hydrogen-bond acceptors (Lipinski definition) is 5. The Morgan fingerprint density at radius 3 is 2.41 bits per heavy atom. The molecule has 5 N–H and O–H groups in total. The van der Waals surface area contributed by atoms with Crippen molar-refractivity contribution in [1.82, 2.24) is 15.6 Å². The summed E-state index contributed by atoms with van der Waals surface area (Å²) in [5.41, 5.74) is 2.32. The molecule has 9 heteroatoms. The van der Waals surface area contributed by atoms with Gasteiger partial charge in [0, 0.05) is 23.5 Å². The summed E-state index contributed by atoms with van der Waals surface area (Å²) in [6, 6.07) is 13.7. The summed E-state index contributed by atoms with van der Waals surface area (Å²) in [4.78, 5) is 39.6. The largest absolute Gasteiger partial charge is 0.480 e. The maximum Gasteiger partial charge on any atom is 0.408 e. The van der Waals surface area contributed by atoms with Crippen molar-refractivity contribution in [3.63, 3.8) is 0 Å². The summed E-state index contributed by atoms with van der Waals surface area (Å²) in [6.45, 7) is 1.30. The lowest BCUT2D eigenvalue weighted by molar-refractivity contribution is -0.142. The number of carbonyl (C=O) groups is 3. The fourth-order valence-electron chi connectivity index (χ4n) is 3.28. The molecule has 0 bridgehead atoms. The number of H-pyrrole nitrogens is 1. The van der Waals surface area contributed by atoms with Crippen molar-refractivity contribution < 1.29 is 29.3 Å². The molecule has 0 saturated carbocycles. The summed E-state index contributed by atoms with van der Waals surface area (Å²) >= 11 is 0. The van der Waals surface area contributed by atoms with Crippen LogP contribution in [0.1, 0.15) is 18.1 Å². The van der Waals surface area contributed by atoms with E-state index in [1.165, 1.54) is 6.92 Å². The number of carboxylic acid groups (broad SMARTS) is 1. The molecule has 3 rings (SSSR count). The normalized spacial score (nSPS) is 13.7. The maximum atomic E-state index is 12.7. The Bertz CT molecular complexity index is 1080. The van der Waals surface area contributed by atoms with Gasteiger partial charge in [0.2, 0.25) is 5.91 Å². The fraction of sp³-hybridized carbons (Fsp3) is 0.261. The molecule has 3 atom stereocenters. The summed E-state index contributed by atoms with van der Waals surface area (Å²) in [5.74, 6) is -2.07. The summed E-state index contributed by atoms with van der Waals surface area (Å²) in [5, 5.41) is 25.1. The Hall–Kier alpha value is -3.85. The summed E-state index contributed by atoms with van der Waals surface area (Å²) in [7, 11) is 0. The third-order valence-electron chi connectivity index (χ3n) is 4.96. The number of fused-ring (bicyclic) bond motifs is 1. The smallest absolute Gasteiger partial charge is 0.408 e. The first-order chi connectivity index (χ1) is 15.3. The predicted molar refractivity (Wildman–Crippen MR) is 117 cm³/mol. The van der Waals surface area contributed by atoms with Crippen molar-refractivity contribution in [2.45, 2.75) is 38.1 Å². The number of carboxylic acids is 1. The first kappa shape index (κ1) is 22.8. The number of ether oxygens (including phenoxy) is 1. The average Bonchev–Trinajstić information content (AvgIpc) is 3.19. The van der Waals surface area contributed by atoms with Crippen molar-refractivity contribution >= 4 is 28.9 Å². The van der Waals surface area contributed by atoms with Crippen molar-refractivity contribution in [2.24, 2.45) is 0 Å². The minimum Gasteiger partial charge on any atom is -0.480 e. The number of benzene rings is 2. The van der Waals surface area contributed by atoms with Crippen LogP contribution in [0.25, 0.3) is 10.9 Å². The number of hydrogen-bond donors (Lipinski definition) is 5. The van der Waals surface area contributed by atoms with Crippen LogP contribution in [-0.4, -0.2) is 51.4 Å². The van der Waals surface area contributed by atoms with Crippen LogP contribution < -0.4 is 10.6 Å². The van der Waals surface area contributed by atoms with Crippen LogP contribution in [0.15, 0.2) is 60.8 Å². The molecule has 1 aromatic heterocycles. The number of carbonyl (C=O) groups excluding carboxylic acids is 2. The van der Waals surface area contributed by atoms with E-state index in [4.69, 9.17) is 4.74 Å². The third kappa shape index (κ3) is 5.86.